The van der Waals surface area contributed by atoms with E-state index in [9.17, 15) is 4.79 Å². The topological polar surface area (TPSA) is 42.0 Å². The summed E-state index contributed by atoms with van der Waals surface area (Å²) in [7, 11) is 0. The zero-order valence-electron chi connectivity index (χ0n) is 11.8. The maximum absolute atomic E-state index is 12.2. The number of amides is 1. The third-order valence-electron chi connectivity index (χ3n) is 3.65. The summed E-state index contributed by atoms with van der Waals surface area (Å²) in [6.07, 6.45) is 8.44. The fourth-order valence-electron chi connectivity index (χ4n) is 2.55. The van der Waals surface area contributed by atoms with Gasteiger partial charge in [-0.1, -0.05) is 25.0 Å². The molecule has 1 aromatic carbocycles. The van der Waals surface area contributed by atoms with Crippen LogP contribution in [0.4, 0.5) is 5.69 Å². The van der Waals surface area contributed by atoms with Crippen molar-refractivity contribution in [3.63, 3.8) is 0 Å². The summed E-state index contributed by atoms with van der Waals surface area (Å²) < 4.78 is 0. The van der Waals surface area contributed by atoms with Gasteiger partial charge in [0.1, 0.15) is 0 Å². The SMILES string of the molecule is O=C(Nc1ccccc1SC1CCCC1)c1cccnc1. The third-order valence-corrected chi connectivity index (χ3v) is 5.07. The molecule has 1 amide bonds. The van der Waals surface area contributed by atoms with Crippen LogP contribution in [-0.4, -0.2) is 16.1 Å². The molecule has 1 saturated carbocycles. The highest BCUT2D eigenvalue weighted by atomic mass is 32.2. The number of benzene rings is 1. The van der Waals surface area contributed by atoms with Gasteiger partial charge in [-0.15, -0.1) is 11.8 Å². The molecule has 108 valence electrons. The van der Waals surface area contributed by atoms with Gasteiger partial charge in [0.25, 0.3) is 5.91 Å². The molecular weight excluding hydrogens is 280 g/mol. The number of carbonyl (C=O) groups is 1. The first-order chi connectivity index (χ1) is 10.3. The van der Waals surface area contributed by atoms with E-state index in [1.54, 1.807) is 24.5 Å². The molecule has 0 aliphatic heterocycles. The molecular formula is C17H18N2OS. The van der Waals surface area contributed by atoms with Crippen molar-refractivity contribution in [2.75, 3.05) is 5.32 Å². The normalized spacial score (nSPS) is 15.0. The van der Waals surface area contributed by atoms with Gasteiger partial charge in [0.2, 0.25) is 0 Å². The maximum Gasteiger partial charge on any atom is 0.257 e. The number of para-hydroxylation sites is 1. The van der Waals surface area contributed by atoms with Gasteiger partial charge in [-0.2, -0.15) is 0 Å². The lowest BCUT2D eigenvalue weighted by atomic mass is 10.2. The van der Waals surface area contributed by atoms with E-state index in [0.29, 0.717) is 10.8 Å². The molecule has 2 aromatic rings. The van der Waals surface area contributed by atoms with Crippen LogP contribution in [0, 0.1) is 0 Å². The molecule has 0 bridgehead atoms. The van der Waals surface area contributed by atoms with Crippen molar-refractivity contribution >= 4 is 23.4 Å². The molecule has 0 radical (unpaired) electrons. The summed E-state index contributed by atoms with van der Waals surface area (Å²) >= 11 is 1.88. The van der Waals surface area contributed by atoms with Gasteiger partial charge >= 0.3 is 0 Å². The van der Waals surface area contributed by atoms with Gasteiger partial charge in [0.15, 0.2) is 0 Å². The first kappa shape index (κ1) is 14.1. The quantitative estimate of drug-likeness (QED) is 0.911. The minimum Gasteiger partial charge on any atom is -0.321 e. The van der Waals surface area contributed by atoms with E-state index in [0.717, 1.165) is 10.6 Å². The number of thioether (sulfide) groups is 1. The molecule has 1 heterocycles. The smallest absolute Gasteiger partial charge is 0.257 e. The number of hydrogen-bond donors (Lipinski definition) is 1. The first-order valence-electron chi connectivity index (χ1n) is 7.30. The molecule has 21 heavy (non-hydrogen) atoms. The molecule has 1 aliphatic rings. The van der Waals surface area contributed by atoms with Crippen LogP contribution in [0.25, 0.3) is 0 Å². The van der Waals surface area contributed by atoms with Crippen molar-refractivity contribution < 1.29 is 4.79 Å². The fraction of sp³-hybridized carbons (Fsp3) is 0.294. The molecule has 1 aromatic heterocycles. The zero-order chi connectivity index (χ0) is 14.5. The Bertz CT molecular complexity index is 609. The van der Waals surface area contributed by atoms with E-state index in [4.69, 9.17) is 0 Å². The Morgan fingerprint density at radius 3 is 2.71 bits per heavy atom. The Hall–Kier alpha value is -1.81. The zero-order valence-corrected chi connectivity index (χ0v) is 12.6. The van der Waals surface area contributed by atoms with Crippen molar-refractivity contribution in [3.05, 3.63) is 54.4 Å². The Morgan fingerprint density at radius 2 is 1.95 bits per heavy atom. The van der Waals surface area contributed by atoms with Crippen LogP contribution in [0.5, 0.6) is 0 Å². The monoisotopic (exact) mass is 298 g/mol. The number of nitrogens with one attached hydrogen (secondary N) is 1. The van der Waals surface area contributed by atoms with E-state index < -0.39 is 0 Å². The molecule has 4 heteroatoms. The van der Waals surface area contributed by atoms with E-state index in [1.165, 1.54) is 25.7 Å². The van der Waals surface area contributed by atoms with Crippen molar-refractivity contribution in [2.45, 2.75) is 35.8 Å². The van der Waals surface area contributed by atoms with E-state index in [1.807, 2.05) is 30.0 Å². The van der Waals surface area contributed by atoms with Crippen LogP contribution in [-0.2, 0) is 0 Å². The molecule has 0 spiro atoms. The second kappa shape index (κ2) is 6.76. The molecule has 1 aliphatic carbocycles. The lowest BCUT2D eigenvalue weighted by Crippen LogP contribution is -2.13. The first-order valence-corrected chi connectivity index (χ1v) is 8.18. The summed E-state index contributed by atoms with van der Waals surface area (Å²) in [5.74, 6) is -0.109. The standard InChI is InChI=1S/C17H18N2OS/c20-17(13-6-5-11-18-12-13)19-15-9-3-4-10-16(15)21-14-7-1-2-8-14/h3-6,9-12,14H,1-2,7-8H2,(H,19,20). The third kappa shape index (κ3) is 3.64. The summed E-state index contributed by atoms with van der Waals surface area (Å²) in [5, 5.41) is 3.68. The number of pyridine rings is 1. The number of carbonyl (C=O) groups excluding carboxylic acids is 1. The fourth-order valence-corrected chi connectivity index (χ4v) is 3.88. The van der Waals surface area contributed by atoms with Gasteiger partial charge in [-0.3, -0.25) is 9.78 Å². The highest BCUT2D eigenvalue weighted by Crippen LogP contribution is 2.38. The van der Waals surface area contributed by atoms with Gasteiger partial charge < -0.3 is 5.32 Å². The van der Waals surface area contributed by atoms with Crippen LogP contribution in [0.2, 0.25) is 0 Å². The van der Waals surface area contributed by atoms with E-state index in [-0.39, 0.29) is 5.91 Å². The van der Waals surface area contributed by atoms with Gasteiger partial charge in [0.05, 0.1) is 11.3 Å². The Kier molecular flexibility index (Phi) is 4.55. The predicted octanol–water partition coefficient (Wildman–Crippen LogP) is 4.37. The molecule has 1 N–H and O–H groups in total. The van der Waals surface area contributed by atoms with Crippen LogP contribution in [0.3, 0.4) is 0 Å². The van der Waals surface area contributed by atoms with Crippen molar-refractivity contribution in [3.8, 4) is 0 Å². The second-order valence-electron chi connectivity index (χ2n) is 5.22. The van der Waals surface area contributed by atoms with Gasteiger partial charge in [0, 0.05) is 22.5 Å². The highest BCUT2D eigenvalue weighted by molar-refractivity contribution is 8.00. The summed E-state index contributed by atoms with van der Waals surface area (Å²) in [5.41, 5.74) is 1.47. The Balaban J connectivity index is 1.74. The van der Waals surface area contributed by atoms with Crippen LogP contribution in [0.15, 0.2) is 53.7 Å². The Morgan fingerprint density at radius 1 is 1.14 bits per heavy atom. The number of nitrogens with zero attached hydrogens (tertiary/aromatic N) is 1. The van der Waals surface area contributed by atoms with Crippen molar-refractivity contribution in [2.24, 2.45) is 0 Å². The summed E-state index contributed by atoms with van der Waals surface area (Å²) in [6.45, 7) is 0. The lowest BCUT2D eigenvalue weighted by Gasteiger charge is -2.14. The summed E-state index contributed by atoms with van der Waals surface area (Å²) in [4.78, 5) is 17.4. The molecule has 0 unspecified atom stereocenters. The van der Waals surface area contributed by atoms with Crippen LogP contribution >= 0.6 is 11.8 Å². The average molecular weight is 298 g/mol. The minimum absolute atomic E-state index is 0.109. The highest BCUT2D eigenvalue weighted by Gasteiger charge is 2.18. The molecule has 3 nitrogen and oxygen atoms in total. The minimum atomic E-state index is -0.109. The number of aromatic nitrogens is 1. The number of rotatable bonds is 4. The molecule has 3 rings (SSSR count). The van der Waals surface area contributed by atoms with Crippen molar-refractivity contribution in [1.29, 1.82) is 0 Å². The van der Waals surface area contributed by atoms with E-state index >= 15 is 0 Å². The molecule has 0 saturated heterocycles. The molecule has 0 atom stereocenters. The van der Waals surface area contributed by atoms with Crippen LogP contribution in [0.1, 0.15) is 36.0 Å². The average Bonchev–Trinajstić information content (AvgIpc) is 3.03. The number of anilines is 1. The predicted molar refractivity (Wildman–Crippen MR) is 86.7 cm³/mol. The second-order valence-corrected chi connectivity index (χ2v) is 6.56. The van der Waals surface area contributed by atoms with Gasteiger partial charge in [-0.05, 0) is 37.1 Å². The number of hydrogen-bond acceptors (Lipinski definition) is 3. The molecule has 1 fully saturated rings. The Labute approximate surface area is 129 Å². The summed E-state index contributed by atoms with van der Waals surface area (Å²) in [6, 6.07) is 11.6. The largest absolute Gasteiger partial charge is 0.321 e. The lowest BCUT2D eigenvalue weighted by molar-refractivity contribution is 0.102. The maximum atomic E-state index is 12.2. The van der Waals surface area contributed by atoms with Gasteiger partial charge in [-0.25, -0.2) is 0 Å². The van der Waals surface area contributed by atoms with Crippen molar-refractivity contribution in [1.82, 2.24) is 4.98 Å². The van der Waals surface area contributed by atoms with Crippen LogP contribution < -0.4 is 5.32 Å². The van der Waals surface area contributed by atoms with E-state index in [2.05, 4.69) is 16.4 Å².